The van der Waals surface area contributed by atoms with Crippen molar-refractivity contribution in [2.24, 2.45) is 0 Å². The Bertz CT molecular complexity index is 1330. The number of nitrogens with zero attached hydrogens (tertiary/aromatic N) is 5. The van der Waals surface area contributed by atoms with Crippen LogP contribution in [0.4, 0.5) is 10.6 Å². The third kappa shape index (κ3) is 3.75. The van der Waals surface area contributed by atoms with E-state index in [0.29, 0.717) is 28.4 Å². The van der Waals surface area contributed by atoms with Crippen LogP contribution in [-0.2, 0) is 9.47 Å². The van der Waals surface area contributed by atoms with Gasteiger partial charge in [-0.3, -0.25) is 0 Å². The second-order valence-corrected chi connectivity index (χ2v) is 8.06. The lowest BCUT2D eigenvalue weighted by Crippen LogP contribution is -2.26. The first-order chi connectivity index (χ1) is 15.2. The summed E-state index contributed by atoms with van der Waals surface area (Å²) >= 11 is 0. The van der Waals surface area contributed by atoms with E-state index in [1.54, 1.807) is 59.3 Å². The van der Waals surface area contributed by atoms with Crippen molar-refractivity contribution in [3.63, 3.8) is 0 Å². The maximum absolute atomic E-state index is 12.8. The predicted octanol–water partition coefficient (Wildman–Crippen LogP) is 3.75. The standard InChI is InChI=1S/C22H24N6O4/c1-6-31-20(29)14-11-25-28-17(23-5)10-16(26-19(14)28)15-12-27(21(30)32-22(2,3)4)18-13(15)8-7-9-24-18/h7-12,23H,6H2,1-5H3. The van der Waals surface area contributed by atoms with Crippen molar-refractivity contribution >= 4 is 34.6 Å². The predicted molar refractivity (Wildman–Crippen MR) is 119 cm³/mol. The Hall–Kier alpha value is -3.95. The Morgan fingerprint density at radius 1 is 1.22 bits per heavy atom. The smallest absolute Gasteiger partial charge is 0.420 e. The Morgan fingerprint density at radius 2 is 2.00 bits per heavy atom. The van der Waals surface area contributed by atoms with Crippen molar-refractivity contribution in [2.45, 2.75) is 33.3 Å². The summed E-state index contributed by atoms with van der Waals surface area (Å²) in [6.07, 6.45) is 4.14. The highest BCUT2D eigenvalue weighted by Gasteiger charge is 2.24. The van der Waals surface area contributed by atoms with E-state index in [1.807, 2.05) is 6.07 Å². The van der Waals surface area contributed by atoms with Crippen LogP contribution in [0.1, 0.15) is 38.1 Å². The van der Waals surface area contributed by atoms with Crippen molar-refractivity contribution < 1.29 is 19.1 Å². The highest BCUT2D eigenvalue weighted by molar-refractivity contribution is 6.00. The minimum atomic E-state index is -0.661. The van der Waals surface area contributed by atoms with E-state index >= 15 is 0 Å². The van der Waals surface area contributed by atoms with Gasteiger partial charge in [0.2, 0.25) is 0 Å². The summed E-state index contributed by atoms with van der Waals surface area (Å²) in [5.74, 6) is 0.106. The van der Waals surface area contributed by atoms with Crippen LogP contribution in [0.2, 0.25) is 0 Å². The normalized spacial score (nSPS) is 11.7. The second-order valence-electron chi connectivity index (χ2n) is 8.06. The molecule has 4 aromatic heterocycles. The SMILES string of the molecule is CCOC(=O)c1cnn2c(NC)cc(-c3cn(C(=O)OC(C)(C)C)c4ncccc34)nc12. The molecule has 32 heavy (non-hydrogen) atoms. The highest BCUT2D eigenvalue weighted by Crippen LogP contribution is 2.31. The van der Waals surface area contributed by atoms with Crippen LogP contribution in [0, 0.1) is 0 Å². The molecule has 0 saturated heterocycles. The van der Waals surface area contributed by atoms with Gasteiger partial charge in [-0.2, -0.15) is 9.61 Å². The number of anilines is 1. The number of esters is 1. The van der Waals surface area contributed by atoms with Gasteiger partial charge in [0.1, 0.15) is 22.6 Å². The first-order valence-corrected chi connectivity index (χ1v) is 10.2. The first kappa shape index (κ1) is 21.3. The molecule has 4 heterocycles. The number of hydrogen-bond acceptors (Lipinski definition) is 8. The third-order valence-corrected chi connectivity index (χ3v) is 4.65. The zero-order valence-electron chi connectivity index (χ0n) is 18.5. The molecule has 166 valence electrons. The Labute approximate surface area is 184 Å². The molecule has 0 amide bonds. The van der Waals surface area contributed by atoms with E-state index in [9.17, 15) is 9.59 Å². The molecule has 10 nitrogen and oxygen atoms in total. The number of hydrogen-bond donors (Lipinski definition) is 1. The maximum atomic E-state index is 12.8. The minimum Gasteiger partial charge on any atom is -0.462 e. The molecule has 0 aliphatic rings. The molecule has 0 spiro atoms. The molecule has 0 aliphatic carbocycles. The van der Waals surface area contributed by atoms with E-state index < -0.39 is 17.7 Å². The fraction of sp³-hybridized carbons (Fsp3) is 0.318. The van der Waals surface area contributed by atoms with Crippen LogP contribution in [0.25, 0.3) is 27.9 Å². The molecule has 0 radical (unpaired) electrons. The molecular weight excluding hydrogens is 412 g/mol. The number of carbonyl (C=O) groups excluding carboxylic acids is 2. The maximum Gasteiger partial charge on any atom is 0.420 e. The van der Waals surface area contributed by atoms with Gasteiger partial charge in [0, 0.05) is 36.5 Å². The lowest BCUT2D eigenvalue weighted by molar-refractivity contribution is 0.0523. The zero-order chi connectivity index (χ0) is 23.0. The lowest BCUT2D eigenvalue weighted by atomic mass is 10.1. The van der Waals surface area contributed by atoms with Crippen molar-refractivity contribution in [1.29, 1.82) is 0 Å². The summed E-state index contributed by atoms with van der Waals surface area (Å²) in [7, 11) is 1.75. The molecular formula is C22H24N6O4. The van der Waals surface area contributed by atoms with Gasteiger partial charge in [0.05, 0.1) is 18.5 Å². The van der Waals surface area contributed by atoms with Crippen molar-refractivity contribution in [1.82, 2.24) is 24.1 Å². The summed E-state index contributed by atoms with van der Waals surface area (Å²) in [6, 6.07) is 5.42. The Balaban J connectivity index is 1.92. The number of aromatic nitrogens is 5. The summed E-state index contributed by atoms with van der Waals surface area (Å²) < 4.78 is 13.6. The fourth-order valence-corrected chi connectivity index (χ4v) is 3.35. The summed E-state index contributed by atoms with van der Waals surface area (Å²) in [5.41, 5.74) is 1.57. The minimum absolute atomic E-state index is 0.240. The number of rotatable bonds is 4. The van der Waals surface area contributed by atoms with Crippen LogP contribution in [0.5, 0.6) is 0 Å². The van der Waals surface area contributed by atoms with Crippen molar-refractivity contribution in [3.05, 3.63) is 42.4 Å². The van der Waals surface area contributed by atoms with Gasteiger partial charge in [-0.1, -0.05) is 0 Å². The van der Waals surface area contributed by atoms with Crippen LogP contribution in [0.3, 0.4) is 0 Å². The Kier molecular flexibility index (Phi) is 5.29. The van der Waals surface area contributed by atoms with Crippen LogP contribution < -0.4 is 5.32 Å². The molecule has 0 aliphatic heterocycles. The molecule has 0 aromatic carbocycles. The number of carbonyl (C=O) groups is 2. The van der Waals surface area contributed by atoms with Crippen LogP contribution >= 0.6 is 0 Å². The van der Waals surface area contributed by atoms with Crippen molar-refractivity contribution in [3.8, 4) is 11.3 Å². The van der Waals surface area contributed by atoms with Crippen molar-refractivity contribution in [2.75, 3.05) is 19.0 Å². The molecule has 0 atom stereocenters. The number of pyridine rings is 1. The van der Waals surface area contributed by atoms with E-state index in [1.165, 1.54) is 15.3 Å². The lowest BCUT2D eigenvalue weighted by Gasteiger charge is -2.19. The number of ether oxygens (including phenoxy) is 2. The molecule has 4 rings (SSSR count). The highest BCUT2D eigenvalue weighted by atomic mass is 16.6. The zero-order valence-corrected chi connectivity index (χ0v) is 18.5. The molecule has 4 aromatic rings. The summed E-state index contributed by atoms with van der Waals surface area (Å²) in [5, 5.41) is 8.05. The quantitative estimate of drug-likeness (QED) is 0.481. The monoisotopic (exact) mass is 436 g/mol. The van der Waals surface area contributed by atoms with Gasteiger partial charge in [-0.05, 0) is 39.8 Å². The van der Waals surface area contributed by atoms with Crippen LogP contribution in [0.15, 0.2) is 36.8 Å². The van der Waals surface area contributed by atoms with E-state index in [2.05, 4.69) is 20.4 Å². The number of fused-ring (bicyclic) bond motifs is 2. The average molecular weight is 436 g/mol. The topological polar surface area (TPSA) is 113 Å². The van der Waals surface area contributed by atoms with E-state index in [0.717, 1.165) is 5.39 Å². The summed E-state index contributed by atoms with van der Waals surface area (Å²) in [4.78, 5) is 34.3. The third-order valence-electron chi connectivity index (χ3n) is 4.65. The van der Waals surface area contributed by atoms with Gasteiger partial charge in [0.15, 0.2) is 5.65 Å². The summed E-state index contributed by atoms with van der Waals surface area (Å²) in [6.45, 7) is 7.38. The molecule has 0 bridgehead atoms. The molecule has 10 heteroatoms. The molecule has 0 saturated carbocycles. The van der Waals surface area contributed by atoms with Gasteiger partial charge in [0.25, 0.3) is 0 Å². The molecule has 0 fully saturated rings. The van der Waals surface area contributed by atoms with E-state index in [-0.39, 0.29) is 12.2 Å². The molecule has 1 N–H and O–H groups in total. The van der Waals surface area contributed by atoms with Crippen LogP contribution in [-0.4, -0.2) is 55.5 Å². The first-order valence-electron chi connectivity index (χ1n) is 10.2. The van der Waals surface area contributed by atoms with Gasteiger partial charge >= 0.3 is 12.1 Å². The largest absolute Gasteiger partial charge is 0.462 e. The average Bonchev–Trinajstić information content (AvgIpc) is 3.34. The van der Waals surface area contributed by atoms with Gasteiger partial charge in [-0.25, -0.2) is 24.1 Å². The van der Waals surface area contributed by atoms with Gasteiger partial charge in [-0.15, -0.1) is 0 Å². The molecule has 0 unspecified atom stereocenters. The second kappa shape index (κ2) is 7.95. The van der Waals surface area contributed by atoms with Gasteiger partial charge < -0.3 is 14.8 Å². The fourth-order valence-electron chi connectivity index (χ4n) is 3.35. The Morgan fingerprint density at radius 3 is 2.69 bits per heavy atom. The number of nitrogens with one attached hydrogen (secondary N) is 1. The van der Waals surface area contributed by atoms with E-state index in [4.69, 9.17) is 9.47 Å².